The lowest BCUT2D eigenvalue weighted by atomic mass is 9.92. The lowest BCUT2D eigenvalue weighted by Crippen LogP contribution is -2.51. The van der Waals surface area contributed by atoms with Gasteiger partial charge in [-0.15, -0.1) is 0 Å². The van der Waals surface area contributed by atoms with E-state index in [4.69, 9.17) is 9.84 Å². The Labute approximate surface area is 103 Å². The monoisotopic (exact) mass is 244 g/mol. The molecule has 5 nitrogen and oxygen atoms in total. The maximum absolute atomic E-state index is 11.4. The second-order valence-corrected chi connectivity index (χ2v) is 4.55. The van der Waals surface area contributed by atoms with E-state index in [1.807, 2.05) is 0 Å². The van der Waals surface area contributed by atoms with Crippen LogP contribution in [0, 0.1) is 5.92 Å². The van der Waals surface area contributed by atoms with E-state index in [-0.39, 0.29) is 18.7 Å². The molecule has 5 heteroatoms. The van der Waals surface area contributed by atoms with Gasteiger partial charge in [0.15, 0.2) is 0 Å². The predicted molar refractivity (Wildman–Crippen MR) is 65.9 cm³/mol. The number of nitrogens with zero attached hydrogens (tertiary/aromatic N) is 1. The zero-order valence-corrected chi connectivity index (χ0v) is 10.8. The molecular weight excluding hydrogens is 220 g/mol. The fourth-order valence-corrected chi connectivity index (χ4v) is 2.37. The Bertz CT molecular complexity index is 236. The van der Waals surface area contributed by atoms with Crippen LogP contribution in [0.3, 0.4) is 0 Å². The number of rotatable bonds is 5. The smallest absolute Gasteiger partial charge is 0.407 e. The Kier molecular flexibility index (Phi) is 6.29. The molecule has 1 aliphatic heterocycles. The first-order valence-corrected chi connectivity index (χ1v) is 6.46. The van der Waals surface area contributed by atoms with Gasteiger partial charge in [-0.2, -0.15) is 0 Å². The van der Waals surface area contributed by atoms with Crippen LogP contribution in [0.25, 0.3) is 0 Å². The van der Waals surface area contributed by atoms with Gasteiger partial charge in [-0.05, 0) is 19.3 Å². The number of amides is 1. The summed E-state index contributed by atoms with van der Waals surface area (Å²) in [5, 5.41) is 11.9. The van der Waals surface area contributed by atoms with Crippen LogP contribution in [-0.4, -0.2) is 55.0 Å². The fraction of sp³-hybridized carbons (Fsp3) is 0.917. The lowest BCUT2D eigenvalue weighted by Gasteiger charge is -2.37. The zero-order valence-electron chi connectivity index (χ0n) is 10.8. The number of alkyl carbamates (subject to hydrolysis) is 1. The van der Waals surface area contributed by atoms with E-state index in [2.05, 4.69) is 17.1 Å². The van der Waals surface area contributed by atoms with Crippen molar-refractivity contribution in [2.45, 2.75) is 32.7 Å². The van der Waals surface area contributed by atoms with Crippen molar-refractivity contribution < 1.29 is 14.6 Å². The second kappa shape index (κ2) is 7.50. The Balaban J connectivity index is 2.44. The van der Waals surface area contributed by atoms with Gasteiger partial charge >= 0.3 is 6.09 Å². The second-order valence-electron chi connectivity index (χ2n) is 4.55. The highest BCUT2D eigenvalue weighted by Crippen LogP contribution is 2.19. The SMILES string of the molecule is CCOC(=O)NC1CC(CC)CN(CCO)C1. The molecule has 2 N–H and O–H groups in total. The van der Waals surface area contributed by atoms with Gasteiger partial charge in [0, 0.05) is 25.7 Å². The number of carbonyl (C=O) groups excluding carboxylic acids is 1. The number of hydrogen-bond acceptors (Lipinski definition) is 4. The van der Waals surface area contributed by atoms with Crippen molar-refractivity contribution in [2.24, 2.45) is 5.92 Å². The molecule has 2 unspecified atom stereocenters. The molecule has 1 saturated heterocycles. The van der Waals surface area contributed by atoms with E-state index >= 15 is 0 Å². The van der Waals surface area contributed by atoms with Crippen LogP contribution in [0.15, 0.2) is 0 Å². The molecule has 0 spiro atoms. The average molecular weight is 244 g/mol. The maximum Gasteiger partial charge on any atom is 0.407 e. The first-order valence-electron chi connectivity index (χ1n) is 6.46. The minimum Gasteiger partial charge on any atom is -0.450 e. The zero-order chi connectivity index (χ0) is 12.7. The third-order valence-corrected chi connectivity index (χ3v) is 3.20. The molecule has 100 valence electrons. The van der Waals surface area contributed by atoms with Crippen molar-refractivity contribution in [3.63, 3.8) is 0 Å². The Hall–Kier alpha value is -0.810. The highest BCUT2D eigenvalue weighted by atomic mass is 16.5. The fourth-order valence-electron chi connectivity index (χ4n) is 2.37. The lowest BCUT2D eigenvalue weighted by molar-refractivity contribution is 0.103. The van der Waals surface area contributed by atoms with E-state index in [1.165, 1.54) is 0 Å². The summed E-state index contributed by atoms with van der Waals surface area (Å²) in [5.74, 6) is 0.585. The van der Waals surface area contributed by atoms with E-state index in [0.29, 0.717) is 19.1 Å². The van der Waals surface area contributed by atoms with E-state index in [9.17, 15) is 4.79 Å². The molecule has 1 heterocycles. The first-order chi connectivity index (χ1) is 8.19. The minimum atomic E-state index is -0.335. The van der Waals surface area contributed by atoms with Crippen molar-refractivity contribution in [3.8, 4) is 0 Å². The van der Waals surface area contributed by atoms with Crippen LogP contribution in [0.1, 0.15) is 26.7 Å². The van der Waals surface area contributed by atoms with Gasteiger partial charge in [0.05, 0.1) is 13.2 Å². The summed E-state index contributed by atoms with van der Waals surface area (Å²) >= 11 is 0. The van der Waals surface area contributed by atoms with Crippen LogP contribution in [0.2, 0.25) is 0 Å². The molecule has 1 amide bonds. The third kappa shape index (κ3) is 4.91. The molecule has 0 aromatic heterocycles. The highest BCUT2D eigenvalue weighted by molar-refractivity contribution is 5.67. The van der Waals surface area contributed by atoms with Gasteiger partial charge in [0.1, 0.15) is 0 Å². The molecule has 0 bridgehead atoms. The van der Waals surface area contributed by atoms with Crippen LogP contribution >= 0.6 is 0 Å². The Morgan fingerprint density at radius 2 is 2.24 bits per heavy atom. The summed E-state index contributed by atoms with van der Waals surface area (Å²) in [4.78, 5) is 13.6. The molecule has 1 aliphatic rings. The molecular formula is C12H24N2O3. The quantitative estimate of drug-likeness (QED) is 0.752. The molecule has 0 aromatic rings. The molecule has 2 atom stereocenters. The van der Waals surface area contributed by atoms with Crippen LogP contribution in [0.4, 0.5) is 4.79 Å². The molecule has 1 fully saturated rings. The highest BCUT2D eigenvalue weighted by Gasteiger charge is 2.27. The predicted octanol–water partition coefficient (Wildman–Crippen LogP) is 0.825. The van der Waals surface area contributed by atoms with Crippen molar-refractivity contribution in [1.82, 2.24) is 10.2 Å². The summed E-state index contributed by atoms with van der Waals surface area (Å²) in [5.41, 5.74) is 0. The molecule has 0 aliphatic carbocycles. The molecule has 17 heavy (non-hydrogen) atoms. The van der Waals surface area contributed by atoms with Crippen molar-refractivity contribution in [2.75, 3.05) is 32.8 Å². The summed E-state index contributed by atoms with van der Waals surface area (Å²) in [6.45, 7) is 7.02. The van der Waals surface area contributed by atoms with Gasteiger partial charge in [-0.3, -0.25) is 4.90 Å². The van der Waals surface area contributed by atoms with E-state index < -0.39 is 0 Å². The number of carbonyl (C=O) groups is 1. The number of β-amino-alcohol motifs (C(OH)–C–C–N with tert-alkyl or cyclic N) is 1. The number of aliphatic hydroxyl groups excluding tert-OH is 1. The summed E-state index contributed by atoms with van der Waals surface area (Å²) in [7, 11) is 0. The Morgan fingerprint density at radius 1 is 1.47 bits per heavy atom. The van der Waals surface area contributed by atoms with E-state index in [0.717, 1.165) is 25.9 Å². The number of aliphatic hydroxyl groups is 1. The normalized spacial score (nSPS) is 25.6. The van der Waals surface area contributed by atoms with Gasteiger partial charge in [0.25, 0.3) is 0 Å². The number of likely N-dealkylation sites (tertiary alicyclic amines) is 1. The first kappa shape index (κ1) is 14.3. The summed E-state index contributed by atoms with van der Waals surface area (Å²) in [6.07, 6.45) is 1.76. The minimum absolute atomic E-state index is 0.138. The van der Waals surface area contributed by atoms with Crippen molar-refractivity contribution in [3.05, 3.63) is 0 Å². The summed E-state index contributed by atoms with van der Waals surface area (Å²) < 4.78 is 4.89. The number of ether oxygens (including phenoxy) is 1. The molecule has 1 rings (SSSR count). The number of hydrogen-bond donors (Lipinski definition) is 2. The molecule has 0 saturated carbocycles. The van der Waals surface area contributed by atoms with Gasteiger partial charge in [-0.1, -0.05) is 13.3 Å². The Morgan fingerprint density at radius 3 is 2.82 bits per heavy atom. The van der Waals surface area contributed by atoms with Gasteiger partial charge in [0.2, 0.25) is 0 Å². The van der Waals surface area contributed by atoms with Crippen molar-refractivity contribution >= 4 is 6.09 Å². The summed E-state index contributed by atoms with van der Waals surface area (Å²) in [6, 6.07) is 0.138. The van der Waals surface area contributed by atoms with Gasteiger partial charge in [-0.25, -0.2) is 4.79 Å². The average Bonchev–Trinajstić information content (AvgIpc) is 2.29. The van der Waals surface area contributed by atoms with Crippen LogP contribution < -0.4 is 5.32 Å². The standard InChI is InChI=1S/C12H24N2O3/c1-3-10-7-11(13-12(16)17-4-2)9-14(8-10)5-6-15/h10-11,15H,3-9H2,1-2H3,(H,13,16). The van der Waals surface area contributed by atoms with Crippen LogP contribution in [0.5, 0.6) is 0 Å². The van der Waals surface area contributed by atoms with Crippen molar-refractivity contribution in [1.29, 1.82) is 0 Å². The van der Waals surface area contributed by atoms with E-state index in [1.54, 1.807) is 6.92 Å². The topological polar surface area (TPSA) is 61.8 Å². The molecule has 0 radical (unpaired) electrons. The third-order valence-electron chi connectivity index (χ3n) is 3.20. The number of nitrogens with one attached hydrogen (secondary N) is 1. The maximum atomic E-state index is 11.4. The van der Waals surface area contributed by atoms with Gasteiger partial charge < -0.3 is 15.2 Å². The molecule has 0 aromatic carbocycles. The van der Waals surface area contributed by atoms with Crippen LogP contribution in [-0.2, 0) is 4.74 Å². The largest absolute Gasteiger partial charge is 0.450 e. The number of piperidine rings is 1.